The van der Waals surface area contributed by atoms with E-state index in [4.69, 9.17) is 12.2 Å². The number of anilines is 1. The van der Waals surface area contributed by atoms with Crippen LogP contribution in [0.15, 0.2) is 24.3 Å². The molecule has 0 aliphatic carbocycles. The average molecular weight is 250 g/mol. The summed E-state index contributed by atoms with van der Waals surface area (Å²) in [5.74, 6) is 0. The molecule has 0 heterocycles. The number of hydrogen-bond donors (Lipinski definition) is 2. The quantitative estimate of drug-likeness (QED) is 0.592. The number of thiocarbonyl (C=S) groups is 1. The SMILES string of the molecule is CCCCCCNC(=S)Nc1ccc(C)cc1. The van der Waals surface area contributed by atoms with Crippen LogP contribution in [-0.2, 0) is 0 Å². The topological polar surface area (TPSA) is 24.1 Å². The van der Waals surface area contributed by atoms with Crippen molar-refractivity contribution in [2.75, 3.05) is 11.9 Å². The fourth-order valence-electron chi connectivity index (χ4n) is 1.57. The van der Waals surface area contributed by atoms with Crippen molar-refractivity contribution in [1.29, 1.82) is 0 Å². The monoisotopic (exact) mass is 250 g/mol. The van der Waals surface area contributed by atoms with Crippen molar-refractivity contribution in [2.45, 2.75) is 39.5 Å². The Labute approximate surface area is 110 Å². The van der Waals surface area contributed by atoms with E-state index >= 15 is 0 Å². The van der Waals surface area contributed by atoms with Crippen LogP contribution in [-0.4, -0.2) is 11.7 Å². The van der Waals surface area contributed by atoms with Crippen LogP contribution in [0.5, 0.6) is 0 Å². The highest BCUT2D eigenvalue weighted by molar-refractivity contribution is 7.80. The van der Waals surface area contributed by atoms with E-state index in [1.54, 1.807) is 0 Å². The van der Waals surface area contributed by atoms with Crippen molar-refractivity contribution < 1.29 is 0 Å². The van der Waals surface area contributed by atoms with Gasteiger partial charge in [-0.15, -0.1) is 0 Å². The summed E-state index contributed by atoms with van der Waals surface area (Å²) in [6.07, 6.45) is 5.03. The van der Waals surface area contributed by atoms with Gasteiger partial charge in [-0.25, -0.2) is 0 Å². The van der Waals surface area contributed by atoms with Crippen LogP contribution >= 0.6 is 12.2 Å². The van der Waals surface area contributed by atoms with Gasteiger partial charge in [-0.05, 0) is 37.7 Å². The summed E-state index contributed by atoms with van der Waals surface area (Å²) in [6.45, 7) is 5.25. The van der Waals surface area contributed by atoms with Gasteiger partial charge in [-0.1, -0.05) is 43.9 Å². The van der Waals surface area contributed by atoms with E-state index in [1.807, 2.05) is 12.1 Å². The first-order valence-corrected chi connectivity index (χ1v) is 6.74. The van der Waals surface area contributed by atoms with Gasteiger partial charge in [0.1, 0.15) is 0 Å². The van der Waals surface area contributed by atoms with Gasteiger partial charge < -0.3 is 10.6 Å². The van der Waals surface area contributed by atoms with Gasteiger partial charge in [0.25, 0.3) is 0 Å². The van der Waals surface area contributed by atoms with E-state index in [9.17, 15) is 0 Å². The third-order valence-corrected chi connectivity index (χ3v) is 2.87. The first kappa shape index (κ1) is 14.0. The van der Waals surface area contributed by atoms with Crippen molar-refractivity contribution in [2.24, 2.45) is 0 Å². The molecule has 0 aliphatic heterocycles. The van der Waals surface area contributed by atoms with Crippen molar-refractivity contribution in [3.05, 3.63) is 29.8 Å². The lowest BCUT2D eigenvalue weighted by Gasteiger charge is -2.10. The molecule has 0 spiro atoms. The molecule has 0 fully saturated rings. The standard InChI is InChI=1S/C14H22N2S/c1-3-4-5-6-11-15-14(17)16-13-9-7-12(2)8-10-13/h7-10H,3-6,11H2,1-2H3,(H2,15,16,17). The Morgan fingerprint density at radius 3 is 2.47 bits per heavy atom. The Hall–Kier alpha value is -1.09. The minimum Gasteiger partial charge on any atom is -0.362 e. The Morgan fingerprint density at radius 2 is 1.82 bits per heavy atom. The summed E-state index contributed by atoms with van der Waals surface area (Å²) in [7, 11) is 0. The predicted octanol–water partition coefficient (Wildman–Crippen LogP) is 3.86. The van der Waals surface area contributed by atoms with Crippen LogP contribution < -0.4 is 10.6 Å². The van der Waals surface area contributed by atoms with Crippen molar-refractivity contribution in [1.82, 2.24) is 5.32 Å². The Balaban J connectivity index is 2.18. The van der Waals surface area contributed by atoms with E-state index < -0.39 is 0 Å². The summed E-state index contributed by atoms with van der Waals surface area (Å²) in [4.78, 5) is 0. The summed E-state index contributed by atoms with van der Waals surface area (Å²) in [5, 5.41) is 7.12. The number of hydrogen-bond acceptors (Lipinski definition) is 1. The molecule has 3 heteroatoms. The third-order valence-electron chi connectivity index (χ3n) is 2.63. The summed E-state index contributed by atoms with van der Waals surface area (Å²) < 4.78 is 0. The van der Waals surface area contributed by atoms with E-state index in [2.05, 4.69) is 36.6 Å². The number of benzene rings is 1. The Morgan fingerprint density at radius 1 is 1.12 bits per heavy atom. The van der Waals surface area contributed by atoms with E-state index in [0.29, 0.717) is 5.11 Å². The van der Waals surface area contributed by atoms with Crippen molar-refractivity contribution >= 4 is 23.0 Å². The van der Waals surface area contributed by atoms with Crippen LogP contribution in [0.2, 0.25) is 0 Å². The lowest BCUT2D eigenvalue weighted by molar-refractivity contribution is 0.655. The molecule has 2 N–H and O–H groups in total. The van der Waals surface area contributed by atoms with Crippen LogP contribution in [0.3, 0.4) is 0 Å². The second-order valence-electron chi connectivity index (χ2n) is 4.31. The van der Waals surface area contributed by atoms with E-state index in [-0.39, 0.29) is 0 Å². The molecule has 0 saturated carbocycles. The molecule has 0 unspecified atom stereocenters. The first-order valence-electron chi connectivity index (χ1n) is 6.34. The second-order valence-corrected chi connectivity index (χ2v) is 4.72. The van der Waals surface area contributed by atoms with Gasteiger partial charge in [0.05, 0.1) is 0 Å². The molecule has 2 nitrogen and oxygen atoms in total. The minimum atomic E-state index is 0.713. The van der Waals surface area contributed by atoms with E-state index in [1.165, 1.54) is 31.2 Å². The maximum Gasteiger partial charge on any atom is 0.170 e. The van der Waals surface area contributed by atoms with Crippen LogP contribution in [0, 0.1) is 6.92 Å². The lowest BCUT2D eigenvalue weighted by Crippen LogP contribution is -2.29. The van der Waals surface area contributed by atoms with Gasteiger partial charge in [0.2, 0.25) is 0 Å². The molecule has 1 aromatic carbocycles. The van der Waals surface area contributed by atoms with Crippen molar-refractivity contribution in [3.8, 4) is 0 Å². The highest BCUT2D eigenvalue weighted by Crippen LogP contribution is 2.08. The van der Waals surface area contributed by atoms with Crippen LogP contribution in [0.25, 0.3) is 0 Å². The lowest BCUT2D eigenvalue weighted by atomic mass is 10.2. The molecular weight excluding hydrogens is 228 g/mol. The third kappa shape index (κ3) is 6.27. The smallest absolute Gasteiger partial charge is 0.170 e. The molecule has 0 aromatic heterocycles. The molecule has 0 saturated heterocycles. The fourth-order valence-corrected chi connectivity index (χ4v) is 1.79. The van der Waals surface area contributed by atoms with Gasteiger partial charge in [0, 0.05) is 12.2 Å². The average Bonchev–Trinajstić information content (AvgIpc) is 2.32. The Bertz CT molecular complexity index is 333. The van der Waals surface area contributed by atoms with Crippen LogP contribution in [0.4, 0.5) is 5.69 Å². The fraction of sp³-hybridized carbons (Fsp3) is 0.500. The highest BCUT2D eigenvalue weighted by Gasteiger charge is 1.96. The highest BCUT2D eigenvalue weighted by atomic mass is 32.1. The van der Waals surface area contributed by atoms with Crippen LogP contribution in [0.1, 0.15) is 38.2 Å². The number of rotatable bonds is 6. The molecule has 1 aromatic rings. The second kappa shape index (κ2) is 8.07. The molecule has 0 radical (unpaired) electrons. The van der Waals surface area contributed by atoms with E-state index in [0.717, 1.165) is 12.2 Å². The maximum absolute atomic E-state index is 5.22. The Kier molecular flexibility index (Phi) is 6.63. The summed E-state index contributed by atoms with van der Waals surface area (Å²) >= 11 is 5.22. The predicted molar refractivity (Wildman–Crippen MR) is 79.5 cm³/mol. The molecule has 1 rings (SSSR count). The number of aryl methyl sites for hydroxylation is 1. The van der Waals surface area contributed by atoms with Gasteiger partial charge >= 0.3 is 0 Å². The first-order chi connectivity index (χ1) is 8.22. The summed E-state index contributed by atoms with van der Waals surface area (Å²) in [6, 6.07) is 8.24. The van der Waals surface area contributed by atoms with Gasteiger partial charge in [-0.3, -0.25) is 0 Å². The summed E-state index contributed by atoms with van der Waals surface area (Å²) in [5.41, 5.74) is 2.30. The zero-order chi connectivity index (χ0) is 12.5. The number of unbranched alkanes of at least 4 members (excludes halogenated alkanes) is 3. The molecule has 0 bridgehead atoms. The van der Waals surface area contributed by atoms with Gasteiger partial charge in [-0.2, -0.15) is 0 Å². The molecule has 0 amide bonds. The minimum absolute atomic E-state index is 0.713. The zero-order valence-corrected chi connectivity index (χ0v) is 11.6. The van der Waals surface area contributed by atoms with Gasteiger partial charge in [0.15, 0.2) is 5.11 Å². The zero-order valence-electron chi connectivity index (χ0n) is 10.8. The molecule has 0 aliphatic rings. The molecular formula is C14H22N2S. The maximum atomic E-state index is 5.22. The normalized spacial score (nSPS) is 10.0. The largest absolute Gasteiger partial charge is 0.362 e. The molecule has 0 atom stereocenters. The van der Waals surface area contributed by atoms with Crippen molar-refractivity contribution in [3.63, 3.8) is 0 Å². The molecule has 17 heavy (non-hydrogen) atoms. The molecule has 94 valence electrons. The number of nitrogens with one attached hydrogen (secondary N) is 2.